The summed E-state index contributed by atoms with van der Waals surface area (Å²) < 4.78 is 27.9. The largest absolute Gasteiger partial charge is 0.501 e. The van der Waals surface area contributed by atoms with Gasteiger partial charge in [-0.05, 0) is 27.2 Å². The van der Waals surface area contributed by atoms with Gasteiger partial charge < -0.3 is 22.8 Å². The van der Waals surface area contributed by atoms with Crippen LogP contribution in [0.5, 0.6) is 0 Å². The van der Waals surface area contributed by atoms with Gasteiger partial charge in [-0.2, -0.15) is 0 Å². The lowest BCUT2D eigenvalue weighted by Gasteiger charge is -2.28. The molecule has 1 saturated heterocycles. The van der Waals surface area contributed by atoms with Crippen molar-refractivity contribution in [3.8, 4) is 0 Å². The Labute approximate surface area is 123 Å². The van der Waals surface area contributed by atoms with Crippen molar-refractivity contribution >= 4 is 8.80 Å². The zero-order chi connectivity index (χ0) is 14.7. The van der Waals surface area contributed by atoms with Gasteiger partial charge in [-0.3, -0.25) is 0 Å². The predicted octanol–water partition coefficient (Wildman–Crippen LogP) is 2.40. The van der Waals surface area contributed by atoms with Gasteiger partial charge in [0.2, 0.25) is 0 Å². The highest BCUT2D eigenvalue weighted by atomic mass is 28.4. The molecule has 0 N–H and O–H groups in total. The van der Waals surface area contributed by atoms with Crippen LogP contribution >= 0.6 is 0 Å². The molecule has 0 amide bonds. The molecule has 1 unspecified atom stereocenters. The molecular weight excluding hydrogens is 276 g/mol. The molecule has 0 spiro atoms. The lowest BCUT2D eigenvalue weighted by Crippen LogP contribution is -2.45. The van der Waals surface area contributed by atoms with E-state index in [-0.39, 0.29) is 0 Å². The maximum absolute atomic E-state index is 5.79. The van der Waals surface area contributed by atoms with Gasteiger partial charge in [-0.15, -0.1) is 0 Å². The summed E-state index contributed by atoms with van der Waals surface area (Å²) >= 11 is 0. The monoisotopic (exact) mass is 304 g/mol. The minimum Gasteiger partial charge on any atom is -0.375 e. The fraction of sp³-hybridized carbons (Fsp3) is 0.857. The van der Waals surface area contributed by atoms with Crippen molar-refractivity contribution in [3.63, 3.8) is 0 Å². The average Bonchev–Trinajstić information content (AvgIpc) is 3.23. The Morgan fingerprint density at radius 3 is 2.15 bits per heavy atom. The summed E-state index contributed by atoms with van der Waals surface area (Å²) in [5.41, 5.74) is 0. The number of ether oxygens (including phenoxy) is 2. The molecule has 118 valence electrons. The van der Waals surface area contributed by atoms with Crippen LogP contribution in [0, 0.1) is 0 Å². The molecule has 0 aromatic carbocycles. The number of hydrogen-bond donors (Lipinski definition) is 0. The first-order valence-electron chi connectivity index (χ1n) is 7.52. The second-order valence-electron chi connectivity index (χ2n) is 4.48. The van der Waals surface area contributed by atoms with E-state index in [1.165, 1.54) is 0 Å². The fourth-order valence-corrected chi connectivity index (χ4v) is 4.40. The fourth-order valence-electron chi connectivity index (χ4n) is 1.88. The molecule has 1 aliphatic rings. The second kappa shape index (κ2) is 10.5. The van der Waals surface area contributed by atoms with Crippen molar-refractivity contribution in [1.82, 2.24) is 0 Å². The zero-order valence-corrected chi connectivity index (χ0v) is 13.9. The smallest absolute Gasteiger partial charge is 0.375 e. The van der Waals surface area contributed by atoms with E-state index >= 15 is 0 Å². The van der Waals surface area contributed by atoms with E-state index in [0.717, 1.165) is 19.1 Å². The van der Waals surface area contributed by atoms with Crippen LogP contribution in [-0.2, 0) is 22.8 Å². The zero-order valence-electron chi connectivity index (χ0n) is 12.9. The van der Waals surface area contributed by atoms with E-state index in [1.54, 1.807) is 0 Å². The van der Waals surface area contributed by atoms with E-state index < -0.39 is 8.80 Å². The number of rotatable bonds is 13. The normalized spacial score (nSPS) is 18.9. The molecule has 1 fully saturated rings. The van der Waals surface area contributed by atoms with E-state index in [9.17, 15) is 0 Å². The van der Waals surface area contributed by atoms with Crippen LogP contribution in [0.1, 0.15) is 27.2 Å². The highest BCUT2D eigenvalue weighted by Gasteiger charge is 2.39. The molecule has 5 nitrogen and oxygen atoms in total. The van der Waals surface area contributed by atoms with Crippen LogP contribution in [0.25, 0.3) is 0 Å². The highest BCUT2D eigenvalue weighted by Crippen LogP contribution is 2.18. The number of allylic oxidation sites excluding steroid dienone is 1. The first kappa shape index (κ1) is 17.8. The van der Waals surface area contributed by atoms with E-state index in [0.29, 0.717) is 39.1 Å². The Hall–Kier alpha value is -0.243. The van der Waals surface area contributed by atoms with Crippen LogP contribution in [0.3, 0.4) is 0 Å². The average molecular weight is 304 g/mol. The number of hydrogen-bond acceptors (Lipinski definition) is 5. The third-order valence-electron chi connectivity index (χ3n) is 2.80. The van der Waals surface area contributed by atoms with Crippen LogP contribution in [0.4, 0.5) is 0 Å². The van der Waals surface area contributed by atoms with E-state index in [4.69, 9.17) is 22.8 Å². The molecule has 0 radical (unpaired) electrons. The third-order valence-corrected chi connectivity index (χ3v) is 5.88. The van der Waals surface area contributed by atoms with Crippen molar-refractivity contribution in [3.05, 3.63) is 12.2 Å². The van der Waals surface area contributed by atoms with E-state index in [2.05, 4.69) is 6.08 Å². The summed E-state index contributed by atoms with van der Waals surface area (Å²) in [6, 6.07) is 0.810. The maximum atomic E-state index is 5.79. The van der Waals surface area contributed by atoms with Crippen LogP contribution in [0.2, 0.25) is 6.04 Å². The minimum absolute atomic E-state index is 0.331. The number of epoxide rings is 1. The first-order valence-corrected chi connectivity index (χ1v) is 9.45. The molecule has 0 aromatic heterocycles. The summed E-state index contributed by atoms with van der Waals surface area (Å²) in [5.74, 6) is 0. The van der Waals surface area contributed by atoms with Crippen LogP contribution in [-0.4, -0.2) is 54.5 Å². The molecule has 20 heavy (non-hydrogen) atoms. The topological polar surface area (TPSA) is 49.5 Å². The molecule has 0 saturated carbocycles. The lowest BCUT2D eigenvalue weighted by atomic mass is 10.4. The summed E-state index contributed by atoms with van der Waals surface area (Å²) in [5, 5.41) is 0. The molecule has 0 aromatic rings. The SMILES string of the molecule is CCO[Si](CC/C=C/COCC1CO1)(OCC)OCC. The van der Waals surface area contributed by atoms with Crippen molar-refractivity contribution in [2.45, 2.75) is 39.3 Å². The molecule has 0 aliphatic carbocycles. The quantitative estimate of drug-likeness (QED) is 0.226. The van der Waals surface area contributed by atoms with Gasteiger partial charge in [0.25, 0.3) is 0 Å². The molecule has 6 heteroatoms. The summed E-state index contributed by atoms with van der Waals surface area (Å²) in [6.45, 7) is 9.97. The summed E-state index contributed by atoms with van der Waals surface area (Å²) in [4.78, 5) is 0. The Balaban J connectivity index is 2.22. The molecule has 1 rings (SSSR count). The Morgan fingerprint density at radius 2 is 1.65 bits per heavy atom. The van der Waals surface area contributed by atoms with Gasteiger partial charge in [0.05, 0.1) is 19.8 Å². The van der Waals surface area contributed by atoms with Gasteiger partial charge in [0.1, 0.15) is 6.10 Å². The lowest BCUT2D eigenvalue weighted by molar-refractivity contribution is 0.0715. The van der Waals surface area contributed by atoms with Crippen molar-refractivity contribution in [2.24, 2.45) is 0 Å². The van der Waals surface area contributed by atoms with Crippen molar-refractivity contribution < 1.29 is 22.8 Å². The van der Waals surface area contributed by atoms with Gasteiger partial charge >= 0.3 is 8.80 Å². The highest BCUT2D eigenvalue weighted by molar-refractivity contribution is 6.60. The Morgan fingerprint density at radius 1 is 1.05 bits per heavy atom. The first-order chi connectivity index (χ1) is 9.76. The molecule has 1 heterocycles. The minimum atomic E-state index is -2.48. The Kier molecular flexibility index (Phi) is 9.33. The summed E-state index contributed by atoms with van der Waals surface area (Å²) in [6.07, 6.45) is 5.35. The van der Waals surface area contributed by atoms with Gasteiger partial charge in [0.15, 0.2) is 0 Å². The van der Waals surface area contributed by atoms with Crippen LogP contribution < -0.4 is 0 Å². The second-order valence-corrected chi connectivity index (χ2v) is 7.22. The van der Waals surface area contributed by atoms with Gasteiger partial charge in [0, 0.05) is 25.9 Å². The Bertz CT molecular complexity index is 251. The molecular formula is C14H28O5Si. The van der Waals surface area contributed by atoms with E-state index in [1.807, 2.05) is 26.8 Å². The molecule has 1 atom stereocenters. The third kappa shape index (κ3) is 7.52. The van der Waals surface area contributed by atoms with Crippen molar-refractivity contribution in [2.75, 3.05) is 39.6 Å². The van der Waals surface area contributed by atoms with Crippen molar-refractivity contribution in [1.29, 1.82) is 0 Å². The predicted molar refractivity (Wildman–Crippen MR) is 79.8 cm³/mol. The van der Waals surface area contributed by atoms with Crippen LogP contribution in [0.15, 0.2) is 12.2 Å². The van der Waals surface area contributed by atoms with Gasteiger partial charge in [-0.1, -0.05) is 12.2 Å². The molecule has 0 bridgehead atoms. The standard InChI is InChI=1S/C14H28O5Si/c1-4-17-20(18-5-2,19-6-3)11-9-7-8-10-15-12-14-13-16-14/h7-8,14H,4-6,9-13H2,1-3H3/b8-7+. The molecule has 1 aliphatic heterocycles. The van der Waals surface area contributed by atoms with Gasteiger partial charge in [-0.25, -0.2) is 0 Å². The maximum Gasteiger partial charge on any atom is 0.501 e. The summed E-state index contributed by atoms with van der Waals surface area (Å²) in [7, 11) is -2.48.